The molecular weight excluding hydrogens is 508 g/mol. The van der Waals surface area contributed by atoms with Crippen LogP contribution in [0.2, 0.25) is 0 Å². The van der Waals surface area contributed by atoms with Crippen LogP contribution in [0.5, 0.6) is 0 Å². The van der Waals surface area contributed by atoms with Crippen molar-refractivity contribution in [2.24, 2.45) is 0 Å². The zero-order valence-corrected chi connectivity index (χ0v) is 19.0. The Morgan fingerprint density at radius 3 is 0.650 bits per heavy atom. The number of hydrogen-bond acceptors (Lipinski definition) is 0. The van der Waals surface area contributed by atoms with E-state index in [-0.39, 0.29) is 0 Å². The Morgan fingerprint density at radius 1 is 0.350 bits per heavy atom. The zero-order valence-electron chi connectivity index (χ0n) is 12.1. The van der Waals surface area contributed by atoms with E-state index in [9.17, 15) is 0 Å². The quantitative estimate of drug-likeness (QED) is 0.420. The van der Waals surface area contributed by atoms with Crippen molar-refractivity contribution >= 4 is 80.0 Å². The molecule has 112 valence electrons. The van der Waals surface area contributed by atoms with Crippen molar-refractivity contribution in [1.82, 2.24) is 0 Å². The van der Waals surface area contributed by atoms with Crippen LogP contribution >= 0.6 is 0 Å². The summed E-state index contributed by atoms with van der Waals surface area (Å²) in [5.74, 6) is 0. The predicted octanol–water partition coefficient (Wildman–Crippen LogP) is 2.04. The summed E-state index contributed by atoms with van der Waals surface area (Å²) in [7, 11) is 0. The van der Waals surface area contributed by atoms with Gasteiger partial charge in [-0.25, -0.2) is 0 Å². The third-order valence-electron chi connectivity index (χ3n) is 3.64. The van der Waals surface area contributed by atoms with E-state index in [1.165, 1.54) is 77.0 Å². The van der Waals surface area contributed by atoms with Crippen LogP contribution in [0.1, 0.15) is 77.0 Å². The van der Waals surface area contributed by atoms with Gasteiger partial charge in [-0.3, -0.25) is 0 Å². The molecule has 1 rings (SSSR count). The van der Waals surface area contributed by atoms with Crippen molar-refractivity contribution in [2.45, 2.75) is 77.0 Å². The van der Waals surface area contributed by atoms with Gasteiger partial charge in [0.15, 0.2) is 0 Å². The van der Waals surface area contributed by atoms with E-state index < -0.39 is 0 Å². The molecule has 4 heteroatoms. The maximum absolute atomic E-state index is 3.29. The van der Waals surface area contributed by atoms with Gasteiger partial charge in [0.25, 0.3) is 0 Å². The fourth-order valence-corrected chi connectivity index (χ4v) is 4.85. The molecule has 20 heavy (non-hydrogen) atoms. The minimum absolute atomic E-state index is 1.26. The predicted molar refractivity (Wildman–Crippen MR) is 98.4 cm³/mol. The van der Waals surface area contributed by atoms with Crippen LogP contribution in [0.25, 0.3) is 0 Å². The standard InChI is InChI=1S/C16H24Se4/c17-13-5-1-6-14(18)8-3-10-16(20)12-4-11-15(19)9-2-7-13/h1-12H2. The molecule has 1 saturated carbocycles. The second-order valence-corrected chi connectivity index (χ2v) is 10.4. The molecule has 0 aromatic carbocycles. The molecule has 0 atom stereocenters. The zero-order chi connectivity index (χ0) is 14.8. The van der Waals surface area contributed by atoms with Crippen molar-refractivity contribution in [3.63, 3.8) is 0 Å². The van der Waals surface area contributed by atoms with Gasteiger partial charge in [-0.1, -0.05) is 0 Å². The van der Waals surface area contributed by atoms with Crippen LogP contribution in [-0.2, 0) is 0 Å². The van der Waals surface area contributed by atoms with Crippen molar-refractivity contribution in [2.75, 3.05) is 0 Å². The molecule has 1 fully saturated rings. The summed E-state index contributed by atoms with van der Waals surface area (Å²) in [5, 5.41) is 0. The van der Waals surface area contributed by atoms with Gasteiger partial charge < -0.3 is 0 Å². The fourth-order valence-electron chi connectivity index (χ4n) is 2.43. The molecule has 0 spiro atoms. The molecule has 0 aliphatic heterocycles. The second kappa shape index (κ2) is 12.0. The van der Waals surface area contributed by atoms with Gasteiger partial charge in [0.2, 0.25) is 0 Å². The summed E-state index contributed by atoms with van der Waals surface area (Å²) in [6.07, 6.45) is 15.3. The normalized spacial score (nSPS) is 22.0. The minimum atomic E-state index is 1.26. The Labute approximate surface area is 156 Å². The molecule has 0 saturated heterocycles. The van der Waals surface area contributed by atoms with Crippen molar-refractivity contribution in [1.29, 1.82) is 0 Å². The Balaban J connectivity index is 2.41. The molecule has 0 heterocycles. The Bertz CT molecular complexity index is 275. The number of hydrogen-bond donors (Lipinski definition) is 0. The van der Waals surface area contributed by atoms with Gasteiger partial charge in [0.05, 0.1) is 0 Å². The molecule has 1 aliphatic carbocycles. The first kappa shape index (κ1) is 19.6. The molecule has 0 aromatic rings. The molecule has 0 amide bonds. The SMILES string of the molecule is [Se]=C1CCCC(=[Se])CCCC(=[Se])CCCC(=[Se])CCC1. The van der Waals surface area contributed by atoms with E-state index in [1.54, 1.807) is 17.7 Å². The summed E-state index contributed by atoms with van der Waals surface area (Å²) in [6, 6.07) is 0. The summed E-state index contributed by atoms with van der Waals surface area (Å²) < 4.78 is 6.26. The molecule has 0 aromatic heterocycles. The van der Waals surface area contributed by atoms with Gasteiger partial charge in [0.1, 0.15) is 0 Å². The third-order valence-corrected chi connectivity index (χ3v) is 7.07. The number of rotatable bonds is 0. The first-order valence-electron chi connectivity index (χ1n) is 7.64. The van der Waals surface area contributed by atoms with E-state index in [0.29, 0.717) is 0 Å². The average Bonchev–Trinajstić information content (AvgIpc) is 2.37. The van der Waals surface area contributed by atoms with Crippen LogP contribution < -0.4 is 0 Å². The van der Waals surface area contributed by atoms with Gasteiger partial charge in [0, 0.05) is 0 Å². The van der Waals surface area contributed by atoms with Crippen molar-refractivity contribution in [3.05, 3.63) is 0 Å². The van der Waals surface area contributed by atoms with E-state index in [0.717, 1.165) is 0 Å². The van der Waals surface area contributed by atoms with Crippen molar-refractivity contribution in [3.8, 4) is 0 Å². The van der Waals surface area contributed by atoms with E-state index in [2.05, 4.69) is 62.3 Å². The molecular formula is C16H24Se4. The topological polar surface area (TPSA) is 0 Å². The first-order valence-corrected chi connectivity index (χ1v) is 11.1. The summed E-state index contributed by atoms with van der Waals surface area (Å²) in [5.41, 5.74) is 0. The summed E-state index contributed by atoms with van der Waals surface area (Å²) in [4.78, 5) is 0. The van der Waals surface area contributed by atoms with E-state index in [4.69, 9.17) is 0 Å². The van der Waals surface area contributed by atoms with Crippen LogP contribution in [0.15, 0.2) is 0 Å². The molecule has 1 aliphatic rings. The van der Waals surface area contributed by atoms with Gasteiger partial charge in [-0.2, -0.15) is 0 Å². The average molecular weight is 532 g/mol. The Hall–Kier alpha value is 1.56. The monoisotopic (exact) mass is 536 g/mol. The van der Waals surface area contributed by atoms with Gasteiger partial charge in [-0.15, -0.1) is 0 Å². The molecule has 0 N–H and O–H groups in total. The maximum atomic E-state index is 3.29. The van der Waals surface area contributed by atoms with Crippen LogP contribution in [0.4, 0.5) is 0 Å². The fraction of sp³-hybridized carbons (Fsp3) is 0.750. The third kappa shape index (κ3) is 10.3. The van der Waals surface area contributed by atoms with E-state index >= 15 is 0 Å². The van der Waals surface area contributed by atoms with Crippen LogP contribution in [0, 0.1) is 0 Å². The molecule has 0 radical (unpaired) electrons. The summed E-state index contributed by atoms with van der Waals surface area (Å²) >= 11 is 13.1. The second-order valence-electron chi connectivity index (χ2n) is 5.57. The summed E-state index contributed by atoms with van der Waals surface area (Å²) in [6.45, 7) is 0. The van der Waals surface area contributed by atoms with Crippen LogP contribution in [-0.4, -0.2) is 80.0 Å². The molecule has 0 nitrogen and oxygen atoms in total. The van der Waals surface area contributed by atoms with Crippen LogP contribution in [0.3, 0.4) is 0 Å². The van der Waals surface area contributed by atoms with E-state index in [1.807, 2.05) is 0 Å². The molecule has 0 unspecified atom stereocenters. The van der Waals surface area contributed by atoms with Gasteiger partial charge >= 0.3 is 157 Å². The van der Waals surface area contributed by atoms with Gasteiger partial charge in [-0.05, 0) is 0 Å². The molecule has 0 bridgehead atoms. The van der Waals surface area contributed by atoms with Crippen molar-refractivity contribution < 1.29 is 0 Å². The Morgan fingerprint density at radius 2 is 0.500 bits per heavy atom. The Kier molecular flexibility index (Phi) is 11.8. The first-order chi connectivity index (χ1) is 9.58.